The van der Waals surface area contributed by atoms with Gasteiger partial charge in [0.2, 0.25) is 0 Å². The topological polar surface area (TPSA) is 50.9 Å². The first kappa shape index (κ1) is 12.0. The van der Waals surface area contributed by atoms with Crippen LogP contribution in [-0.2, 0) is 0 Å². The summed E-state index contributed by atoms with van der Waals surface area (Å²) >= 11 is 0. The molecule has 0 bridgehead atoms. The zero-order valence-corrected chi connectivity index (χ0v) is 9.88. The van der Waals surface area contributed by atoms with Crippen LogP contribution in [0.15, 0.2) is 12.3 Å². The molecule has 1 aromatic rings. The van der Waals surface area contributed by atoms with Crippen molar-refractivity contribution in [2.75, 3.05) is 12.8 Å². The third-order valence-corrected chi connectivity index (χ3v) is 2.78. The van der Waals surface area contributed by atoms with Crippen LogP contribution in [0.4, 0.5) is 5.82 Å². The van der Waals surface area contributed by atoms with Crippen LogP contribution < -0.4 is 11.1 Å². The lowest BCUT2D eigenvalue weighted by Crippen LogP contribution is -2.19. The number of hydrogen-bond acceptors (Lipinski definition) is 3. The van der Waals surface area contributed by atoms with Crippen molar-refractivity contribution < 1.29 is 0 Å². The first-order valence-corrected chi connectivity index (χ1v) is 5.59. The van der Waals surface area contributed by atoms with Crippen molar-refractivity contribution in [3.8, 4) is 0 Å². The molecule has 1 atom stereocenters. The van der Waals surface area contributed by atoms with E-state index >= 15 is 0 Å². The van der Waals surface area contributed by atoms with Gasteiger partial charge in [-0.15, -0.1) is 0 Å². The maximum Gasteiger partial charge on any atom is 0.128 e. The molecule has 1 unspecified atom stereocenters. The fraction of sp³-hybridized carbons (Fsp3) is 0.583. The van der Waals surface area contributed by atoms with E-state index in [1.807, 2.05) is 13.1 Å². The second kappa shape index (κ2) is 5.71. The minimum atomic E-state index is 0.332. The van der Waals surface area contributed by atoms with Gasteiger partial charge in [0, 0.05) is 17.8 Å². The summed E-state index contributed by atoms with van der Waals surface area (Å²) in [5.74, 6) is 0.658. The van der Waals surface area contributed by atoms with Crippen molar-refractivity contribution in [2.24, 2.45) is 0 Å². The molecule has 0 fully saturated rings. The van der Waals surface area contributed by atoms with Gasteiger partial charge in [0.1, 0.15) is 5.82 Å². The van der Waals surface area contributed by atoms with E-state index in [9.17, 15) is 0 Å². The molecule has 0 saturated carbocycles. The van der Waals surface area contributed by atoms with Crippen molar-refractivity contribution in [1.29, 1.82) is 0 Å². The molecule has 0 aromatic carbocycles. The van der Waals surface area contributed by atoms with Crippen LogP contribution in [0.2, 0.25) is 0 Å². The molecule has 3 N–H and O–H groups in total. The molecule has 1 aromatic heterocycles. The average molecular weight is 207 g/mol. The van der Waals surface area contributed by atoms with Gasteiger partial charge in [0.05, 0.1) is 0 Å². The molecule has 84 valence electrons. The molecule has 0 saturated heterocycles. The fourth-order valence-electron chi connectivity index (χ4n) is 1.89. The minimum Gasteiger partial charge on any atom is -0.383 e. The van der Waals surface area contributed by atoms with Crippen LogP contribution in [0, 0.1) is 6.92 Å². The van der Waals surface area contributed by atoms with Crippen LogP contribution >= 0.6 is 0 Å². The summed E-state index contributed by atoms with van der Waals surface area (Å²) in [6.07, 6.45) is 5.29. The summed E-state index contributed by atoms with van der Waals surface area (Å²) in [4.78, 5) is 4.15. The Kier molecular flexibility index (Phi) is 4.56. The van der Waals surface area contributed by atoms with Gasteiger partial charge in [-0.05, 0) is 32.0 Å². The third kappa shape index (κ3) is 2.93. The molecule has 0 spiro atoms. The molecule has 0 aliphatic carbocycles. The van der Waals surface area contributed by atoms with E-state index in [0.29, 0.717) is 11.9 Å². The number of aromatic nitrogens is 1. The Morgan fingerprint density at radius 1 is 1.53 bits per heavy atom. The second-order valence-corrected chi connectivity index (χ2v) is 3.91. The van der Waals surface area contributed by atoms with Gasteiger partial charge in [-0.3, -0.25) is 0 Å². The summed E-state index contributed by atoms with van der Waals surface area (Å²) in [7, 11) is 1.98. The predicted octanol–water partition coefficient (Wildman–Crippen LogP) is 2.42. The van der Waals surface area contributed by atoms with E-state index in [2.05, 4.69) is 24.1 Å². The standard InChI is InChI=1S/C12H21N3/c1-4-5-6-10(14-3)11-9(2)7-8-15-12(11)13/h7-8,10,14H,4-6H2,1-3H3,(H2,13,15). The number of nitrogen functional groups attached to an aromatic ring is 1. The molecular weight excluding hydrogens is 186 g/mol. The lowest BCUT2D eigenvalue weighted by Gasteiger charge is -2.19. The van der Waals surface area contributed by atoms with Crippen LogP contribution in [0.3, 0.4) is 0 Å². The van der Waals surface area contributed by atoms with Gasteiger partial charge >= 0.3 is 0 Å². The highest BCUT2D eigenvalue weighted by Crippen LogP contribution is 2.26. The summed E-state index contributed by atoms with van der Waals surface area (Å²) in [6.45, 7) is 4.29. The summed E-state index contributed by atoms with van der Waals surface area (Å²) < 4.78 is 0. The second-order valence-electron chi connectivity index (χ2n) is 3.91. The van der Waals surface area contributed by atoms with E-state index in [-0.39, 0.29) is 0 Å². The molecule has 3 nitrogen and oxygen atoms in total. The number of aryl methyl sites for hydroxylation is 1. The van der Waals surface area contributed by atoms with Gasteiger partial charge in [-0.1, -0.05) is 19.8 Å². The molecular formula is C12H21N3. The normalized spacial score (nSPS) is 12.7. The zero-order valence-electron chi connectivity index (χ0n) is 9.88. The van der Waals surface area contributed by atoms with Gasteiger partial charge in [-0.25, -0.2) is 4.98 Å². The van der Waals surface area contributed by atoms with Crippen LogP contribution in [0.1, 0.15) is 43.4 Å². The number of nitrogens with one attached hydrogen (secondary N) is 1. The highest BCUT2D eigenvalue weighted by molar-refractivity contribution is 5.45. The number of rotatable bonds is 5. The quantitative estimate of drug-likeness (QED) is 0.779. The van der Waals surface area contributed by atoms with Crippen molar-refractivity contribution in [3.05, 3.63) is 23.4 Å². The van der Waals surface area contributed by atoms with Gasteiger partial charge in [0.25, 0.3) is 0 Å². The largest absolute Gasteiger partial charge is 0.383 e. The smallest absolute Gasteiger partial charge is 0.128 e. The van der Waals surface area contributed by atoms with Crippen molar-refractivity contribution in [2.45, 2.75) is 39.2 Å². The Hall–Kier alpha value is -1.09. The summed E-state index contributed by atoms with van der Waals surface area (Å²) in [5.41, 5.74) is 8.30. The van der Waals surface area contributed by atoms with E-state index in [1.54, 1.807) is 6.20 Å². The van der Waals surface area contributed by atoms with Crippen LogP contribution in [0.5, 0.6) is 0 Å². The zero-order chi connectivity index (χ0) is 11.3. The molecule has 3 heteroatoms. The molecule has 0 aliphatic heterocycles. The third-order valence-electron chi connectivity index (χ3n) is 2.78. The minimum absolute atomic E-state index is 0.332. The van der Waals surface area contributed by atoms with Gasteiger partial charge < -0.3 is 11.1 Å². The lowest BCUT2D eigenvalue weighted by atomic mass is 9.98. The molecule has 0 radical (unpaired) electrons. The van der Waals surface area contributed by atoms with Gasteiger partial charge in [-0.2, -0.15) is 0 Å². The number of nitrogens with two attached hydrogens (primary N) is 1. The van der Waals surface area contributed by atoms with Crippen molar-refractivity contribution in [1.82, 2.24) is 10.3 Å². The highest BCUT2D eigenvalue weighted by atomic mass is 14.9. The molecule has 15 heavy (non-hydrogen) atoms. The molecule has 1 rings (SSSR count). The average Bonchev–Trinajstić information content (AvgIpc) is 2.22. The predicted molar refractivity (Wildman–Crippen MR) is 64.7 cm³/mol. The molecule has 1 heterocycles. The number of hydrogen-bond donors (Lipinski definition) is 2. The number of anilines is 1. The number of pyridine rings is 1. The monoisotopic (exact) mass is 207 g/mol. The van der Waals surface area contributed by atoms with E-state index in [4.69, 9.17) is 5.73 Å². The SMILES string of the molecule is CCCCC(NC)c1c(C)ccnc1N. The Bertz CT molecular complexity index is 289. The van der Waals surface area contributed by atoms with E-state index in [1.165, 1.54) is 18.4 Å². The van der Waals surface area contributed by atoms with E-state index in [0.717, 1.165) is 12.0 Å². The first-order chi connectivity index (χ1) is 7.20. The summed E-state index contributed by atoms with van der Waals surface area (Å²) in [5, 5.41) is 3.31. The lowest BCUT2D eigenvalue weighted by molar-refractivity contribution is 0.521. The molecule has 0 aliphatic rings. The Balaban J connectivity index is 2.90. The first-order valence-electron chi connectivity index (χ1n) is 5.59. The van der Waals surface area contributed by atoms with Crippen molar-refractivity contribution in [3.63, 3.8) is 0 Å². The highest BCUT2D eigenvalue weighted by Gasteiger charge is 2.14. The Labute approximate surface area is 92.1 Å². The Morgan fingerprint density at radius 2 is 2.27 bits per heavy atom. The maximum absolute atomic E-state index is 5.92. The molecule has 0 amide bonds. The van der Waals surface area contributed by atoms with Crippen LogP contribution in [0.25, 0.3) is 0 Å². The Morgan fingerprint density at radius 3 is 2.80 bits per heavy atom. The summed E-state index contributed by atoms with van der Waals surface area (Å²) in [6, 6.07) is 2.35. The number of unbranched alkanes of at least 4 members (excludes halogenated alkanes) is 1. The van der Waals surface area contributed by atoms with E-state index < -0.39 is 0 Å². The van der Waals surface area contributed by atoms with Crippen molar-refractivity contribution >= 4 is 5.82 Å². The van der Waals surface area contributed by atoms with Gasteiger partial charge in [0.15, 0.2) is 0 Å². The van der Waals surface area contributed by atoms with Crippen LogP contribution in [-0.4, -0.2) is 12.0 Å². The maximum atomic E-state index is 5.92. The fourth-order valence-corrected chi connectivity index (χ4v) is 1.89. The number of nitrogens with zero attached hydrogens (tertiary/aromatic N) is 1.